The van der Waals surface area contributed by atoms with Gasteiger partial charge in [-0.25, -0.2) is 18.5 Å². The van der Waals surface area contributed by atoms with Crippen molar-refractivity contribution in [3.8, 4) is 0 Å². The molecular weight excluding hydrogens is 434 g/mol. The van der Waals surface area contributed by atoms with Crippen LogP contribution in [0.1, 0.15) is 35.6 Å². The lowest BCUT2D eigenvalue weighted by Gasteiger charge is -2.30. The molecule has 0 saturated heterocycles. The number of fused-ring (bicyclic) bond motifs is 1. The largest absolute Gasteiger partial charge is 0.352 e. The van der Waals surface area contributed by atoms with Crippen molar-refractivity contribution in [2.45, 2.75) is 36.6 Å². The third kappa shape index (κ3) is 4.51. The fraction of sp³-hybridized carbons (Fsp3) is 0.273. The summed E-state index contributed by atoms with van der Waals surface area (Å²) in [5, 5.41) is 9.23. The molecule has 2 heterocycles. The summed E-state index contributed by atoms with van der Waals surface area (Å²) >= 11 is 6.11. The van der Waals surface area contributed by atoms with Gasteiger partial charge in [-0.05, 0) is 60.7 Å². The number of aromatic nitrogens is 2. The van der Waals surface area contributed by atoms with Crippen LogP contribution in [0.4, 0.5) is 17.5 Å². The molecule has 0 spiro atoms. The first kappa shape index (κ1) is 20.2. The number of hydrogen-bond acceptors (Lipinski definition) is 6. The Kier molecular flexibility index (Phi) is 5.08. The molecule has 5 rings (SSSR count). The highest BCUT2D eigenvalue weighted by atomic mass is 35.5. The number of benzene rings is 2. The van der Waals surface area contributed by atoms with Crippen molar-refractivity contribution >= 4 is 39.1 Å². The van der Waals surface area contributed by atoms with E-state index in [4.69, 9.17) is 26.7 Å². The molecule has 2 aromatic carbocycles. The number of sulfonamides is 1. The molecule has 0 atom stereocenters. The Labute approximate surface area is 186 Å². The highest BCUT2D eigenvalue weighted by Crippen LogP contribution is 2.40. The topological polar surface area (TPSA) is 101 Å². The van der Waals surface area contributed by atoms with E-state index in [9.17, 15) is 8.42 Å². The second-order valence-electron chi connectivity index (χ2n) is 8.03. The Morgan fingerprint density at radius 1 is 1.06 bits per heavy atom. The predicted octanol–water partition coefficient (Wildman–Crippen LogP) is 3.96. The molecule has 31 heavy (non-hydrogen) atoms. The second kappa shape index (κ2) is 7.78. The van der Waals surface area contributed by atoms with Crippen LogP contribution < -0.4 is 15.4 Å². The molecule has 1 aromatic heterocycles. The number of primary sulfonamides is 1. The normalized spacial score (nSPS) is 16.1. The van der Waals surface area contributed by atoms with Crippen molar-refractivity contribution in [1.82, 2.24) is 9.97 Å². The summed E-state index contributed by atoms with van der Waals surface area (Å²) < 4.78 is 23.5. The molecule has 160 valence electrons. The quantitative estimate of drug-likeness (QED) is 0.603. The SMILES string of the molecule is NS(=O)(=O)c1ccc2c(c1)CN(c1cc(C3CC3)nc(Nc3cccc(Cl)c3)n1)CC2. The van der Waals surface area contributed by atoms with E-state index >= 15 is 0 Å². The molecule has 3 aromatic rings. The van der Waals surface area contributed by atoms with E-state index in [0.29, 0.717) is 23.4 Å². The molecule has 9 heteroatoms. The van der Waals surface area contributed by atoms with Crippen LogP contribution in [0.5, 0.6) is 0 Å². The predicted molar refractivity (Wildman–Crippen MR) is 121 cm³/mol. The molecule has 0 amide bonds. The van der Waals surface area contributed by atoms with Crippen LogP contribution in [-0.2, 0) is 23.0 Å². The third-order valence-corrected chi connectivity index (χ3v) is 6.80. The summed E-state index contributed by atoms with van der Waals surface area (Å²) in [6, 6.07) is 14.6. The van der Waals surface area contributed by atoms with E-state index < -0.39 is 10.0 Å². The number of hydrogen-bond donors (Lipinski definition) is 2. The van der Waals surface area contributed by atoms with Crippen LogP contribution in [0.15, 0.2) is 53.4 Å². The van der Waals surface area contributed by atoms with Gasteiger partial charge >= 0.3 is 0 Å². The average molecular weight is 456 g/mol. The molecule has 0 radical (unpaired) electrons. The van der Waals surface area contributed by atoms with Crippen molar-refractivity contribution in [3.05, 3.63) is 70.4 Å². The van der Waals surface area contributed by atoms with E-state index in [1.54, 1.807) is 12.1 Å². The van der Waals surface area contributed by atoms with Gasteiger partial charge in [-0.3, -0.25) is 0 Å². The summed E-state index contributed by atoms with van der Waals surface area (Å²) in [6.07, 6.45) is 3.07. The Morgan fingerprint density at radius 3 is 2.65 bits per heavy atom. The molecule has 3 N–H and O–H groups in total. The summed E-state index contributed by atoms with van der Waals surface area (Å²) in [5.41, 5.74) is 3.94. The highest BCUT2D eigenvalue weighted by Gasteiger charge is 2.28. The van der Waals surface area contributed by atoms with Crippen LogP contribution in [0, 0.1) is 0 Å². The van der Waals surface area contributed by atoms with Gasteiger partial charge in [0.1, 0.15) is 5.82 Å². The van der Waals surface area contributed by atoms with Gasteiger partial charge in [0.05, 0.1) is 10.6 Å². The average Bonchev–Trinajstić information content (AvgIpc) is 3.57. The van der Waals surface area contributed by atoms with Crippen molar-refractivity contribution in [3.63, 3.8) is 0 Å². The standard InChI is InChI=1S/C22H22ClN5O2S/c23-17-2-1-3-18(11-17)25-22-26-20(15-4-5-15)12-21(27-22)28-9-8-14-6-7-19(31(24,29)30)10-16(14)13-28/h1-3,6-7,10-12,15H,4-5,8-9,13H2,(H2,24,29,30)(H,25,26,27). The Morgan fingerprint density at radius 2 is 1.90 bits per heavy atom. The first-order valence-corrected chi connectivity index (χ1v) is 12.1. The molecule has 7 nitrogen and oxygen atoms in total. The summed E-state index contributed by atoms with van der Waals surface area (Å²) in [5.74, 6) is 1.83. The lowest BCUT2D eigenvalue weighted by molar-refractivity contribution is 0.597. The highest BCUT2D eigenvalue weighted by molar-refractivity contribution is 7.89. The van der Waals surface area contributed by atoms with E-state index in [1.165, 1.54) is 0 Å². The lowest BCUT2D eigenvalue weighted by Crippen LogP contribution is -2.31. The van der Waals surface area contributed by atoms with Crippen molar-refractivity contribution in [2.24, 2.45) is 5.14 Å². The van der Waals surface area contributed by atoms with E-state index in [-0.39, 0.29) is 4.90 Å². The van der Waals surface area contributed by atoms with Crippen molar-refractivity contribution < 1.29 is 8.42 Å². The third-order valence-electron chi connectivity index (χ3n) is 5.65. The van der Waals surface area contributed by atoms with Crippen LogP contribution in [0.3, 0.4) is 0 Å². The molecule has 1 aliphatic carbocycles. The zero-order chi connectivity index (χ0) is 21.6. The van der Waals surface area contributed by atoms with Gasteiger partial charge in [0.2, 0.25) is 16.0 Å². The maximum Gasteiger partial charge on any atom is 0.238 e. The second-order valence-corrected chi connectivity index (χ2v) is 10.0. The molecule has 1 fully saturated rings. The van der Waals surface area contributed by atoms with Gasteiger partial charge in [-0.1, -0.05) is 23.7 Å². The Bertz CT molecular complexity index is 1260. The molecule has 0 bridgehead atoms. The minimum atomic E-state index is -3.74. The van der Waals surface area contributed by atoms with Crippen LogP contribution in [0.2, 0.25) is 5.02 Å². The number of nitrogens with one attached hydrogen (secondary N) is 1. The number of nitrogens with zero attached hydrogens (tertiary/aromatic N) is 3. The molecule has 2 aliphatic rings. The van der Waals surface area contributed by atoms with Gasteiger partial charge in [0, 0.05) is 35.8 Å². The zero-order valence-corrected chi connectivity index (χ0v) is 18.3. The van der Waals surface area contributed by atoms with Crippen LogP contribution in [-0.4, -0.2) is 24.9 Å². The maximum atomic E-state index is 11.8. The molecule has 1 saturated carbocycles. The smallest absolute Gasteiger partial charge is 0.238 e. The van der Waals surface area contributed by atoms with Crippen LogP contribution >= 0.6 is 11.6 Å². The molecular formula is C22H22ClN5O2S. The van der Waals surface area contributed by atoms with Gasteiger partial charge in [-0.15, -0.1) is 0 Å². The minimum Gasteiger partial charge on any atom is -0.352 e. The maximum absolute atomic E-state index is 11.8. The summed E-state index contributed by atoms with van der Waals surface area (Å²) in [7, 11) is -3.74. The van der Waals surface area contributed by atoms with Gasteiger partial charge in [-0.2, -0.15) is 4.98 Å². The van der Waals surface area contributed by atoms with Crippen molar-refractivity contribution in [1.29, 1.82) is 0 Å². The number of nitrogens with two attached hydrogens (primary N) is 1. The molecule has 1 aliphatic heterocycles. The van der Waals surface area contributed by atoms with Gasteiger partial charge < -0.3 is 10.2 Å². The summed E-state index contributed by atoms with van der Waals surface area (Å²) in [6.45, 7) is 1.36. The number of halogens is 1. The van der Waals surface area contributed by atoms with Crippen LogP contribution in [0.25, 0.3) is 0 Å². The van der Waals surface area contributed by atoms with E-state index in [1.807, 2.05) is 30.3 Å². The first-order chi connectivity index (χ1) is 14.8. The number of rotatable bonds is 5. The molecule has 0 unspecified atom stereocenters. The fourth-order valence-electron chi connectivity index (χ4n) is 3.86. The van der Waals surface area contributed by atoms with Gasteiger partial charge in [0.25, 0.3) is 0 Å². The van der Waals surface area contributed by atoms with Crippen molar-refractivity contribution in [2.75, 3.05) is 16.8 Å². The zero-order valence-electron chi connectivity index (χ0n) is 16.8. The monoisotopic (exact) mass is 455 g/mol. The fourth-order valence-corrected chi connectivity index (χ4v) is 4.61. The minimum absolute atomic E-state index is 0.137. The Hall–Kier alpha value is -2.68. The van der Waals surface area contributed by atoms with E-state index in [2.05, 4.69) is 16.3 Å². The summed E-state index contributed by atoms with van der Waals surface area (Å²) in [4.78, 5) is 11.8. The number of anilines is 3. The van der Waals surface area contributed by atoms with Gasteiger partial charge in [0.15, 0.2) is 0 Å². The Balaban J connectivity index is 1.46. The lowest BCUT2D eigenvalue weighted by atomic mass is 10.00. The first-order valence-electron chi connectivity index (χ1n) is 10.2. The van der Waals surface area contributed by atoms with E-state index in [0.717, 1.165) is 54.1 Å².